The Morgan fingerprint density at radius 2 is 1.59 bits per heavy atom. The predicted octanol–water partition coefficient (Wildman–Crippen LogP) is 2.18. The summed E-state index contributed by atoms with van der Waals surface area (Å²) in [5.41, 5.74) is 2.46. The molecule has 0 unspecified atom stereocenters. The molecule has 0 saturated carbocycles. The van der Waals surface area contributed by atoms with Crippen LogP contribution in [0.5, 0.6) is 0 Å². The smallest absolute Gasteiger partial charge is 0.251 e. The Bertz CT molecular complexity index is 651. The summed E-state index contributed by atoms with van der Waals surface area (Å²) < 4.78 is 12.8. The standard InChI is InChI=1S/C17H17FN2O2/c1-12-2-4-13(5-3-12)10-19-16(21)11-20-17(22)14-6-8-15(18)9-7-14/h2-9H,10-11H2,1H3,(H,19,21)(H,20,22). The van der Waals surface area contributed by atoms with Gasteiger partial charge < -0.3 is 10.6 Å². The van der Waals surface area contributed by atoms with Crippen LogP contribution in [0.3, 0.4) is 0 Å². The van der Waals surface area contributed by atoms with E-state index in [1.54, 1.807) is 0 Å². The van der Waals surface area contributed by atoms with Gasteiger partial charge in [0.25, 0.3) is 5.91 Å². The third-order valence-corrected chi connectivity index (χ3v) is 3.13. The maximum Gasteiger partial charge on any atom is 0.251 e. The van der Waals surface area contributed by atoms with Crippen molar-refractivity contribution < 1.29 is 14.0 Å². The summed E-state index contributed by atoms with van der Waals surface area (Å²) in [6.45, 7) is 2.28. The first-order valence-corrected chi connectivity index (χ1v) is 6.90. The highest BCUT2D eigenvalue weighted by molar-refractivity contribution is 5.96. The van der Waals surface area contributed by atoms with Gasteiger partial charge in [-0.05, 0) is 36.8 Å². The molecule has 0 saturated heterocycles. The van der Waals surface area contributed by atoms with Crippen molar-refractivity contribution >= 4 is 11.8 Å². The van der Waals surface area contributed by atoms with E-state index in [2.05, 4.69) is 10.6 Å². The fraction of sp³-hybridized carbons (Fsp3) is 0.176. The van der Waals surface area contributed by atoms with Crippen molar-refractivity contribution in [1.29, 1.82) is 0 Å². The van der Waals surface area contributed by atoms with Crippen molar-refractivity contribution in [1.82, 2.24) is 10.6 Å². The molecule has 2 N–H and O–H groups in total. The second-order valence-electron chi connectivity index (χ2n) is 4.95. The van der Waals surface area contributed by atoms with E-state index < -0.39 is 11.7 Å². The van der Waals surface area contributed by atoms with Crippen LogP contribution >= 0.6 is 0 Å². The zero-order chi connectivity index (χ0) is 15.9. The van der Waals surface area contributed by atoms with Gasteiger partial charge >= 0.3 is 0 Å². The minimum absolute atomic E-state index is 0.123. The summed E-state index contributed by atoms with van der Waals surface area (Å²) in [6, 6.07) is 13.0. The lowest BCUT2D eigenvalue weighted by Gasteiger charge is -2.07. The van der Waals surface area contributed by atoms with Crippen molar-refractivity contribution in [3.8, 4) is 0 Å². The van der Waals surface area contributed by atoms with E-state index in [-0.39, 0.29) is 12.5 Å². The Kier molecular flexibility index (Phi) is 5.25. The molecule has 0 radical (unpaired) electrons. The number of rotatable bonds is 5. The minimum Gasteiger partial charge on any atom is -0.350 e. The van der Waals surface area contributed by atoms with E-state index >= 15 is 0 Å². The normalized spacial score (nSPS) is 10.1. The van der Waals surface area contributed by atoms with Crippen LogP contribution in [0.2, 0.25) is 0 Å². The third kappa shape index (κ3) is 4.70. The zero-order valence-corrected chi connectivity index (χ0v) is 12.2. The van der Waals surface area contributed by atoms with E-state index in [1.807, 2.05) is 31.2 Å². The highest BCUT2D eigenvalue weighted by atomic mass is 19.1. The highest BCUT2D eigenvalue weighted by Crippen LogP contribution is 2.03. The maximum atomic E-state index is 12.8. The van der Waals surface area contributed by atoms with E-state index in [9.17, 15) is 14.0 Å². The van der Waals surface area contributed by atoms with E-state index in [0.29, 0.717) is 12.1 Å². The second-order valence-corrected chi connectivity index (χ2v) is 4.95. The first-order chi connectivity index (χ1) is 10.5. The van der Waals surface area contributed by atoms with Crippen molar-refractivity contribution in [3.05, 3.63) is 71.0 Å². The predicted molar refractivity (Wildman–Crippen MR) is 81.8 cm³/mol. The van der Waals surface area contributed by atoms with Gasteiger partial charge in [-0.3, -0.25) is 9.59 Å². The molecule has 0 spiro atoms. The highest BCUT2D eigenvalue weighted by Gasteiger charge is 2.07. The summed E-state index contributed by atoms with van der Waals surface area (Å²) in [5, 5.41) is 5.21. The summed E-state index contributed by atoms with van der Waals surface area (Å²) >= 11 is 0. The molecule has 4 nitrogen and oxygen atoms in total. The first-order valence-electron chi connectivity index (χ1n) is 6.90. The number of carbonyl (C=O) groups excluding carboxylic acids is 2. The maximum absolute atomic E-state index is 12.8. The summed E-state index contributed by atoms with van der Waals surface area (Å²) in [7, 11) is 0. The quantitative estimate of drug-likeness (QED) is 0.889. The van der Waals surface area contributed by atoms with Crippen LogP contribution in [-0.2, 0) is 11.3 Å². The van der Waals surface area contributed by atoms with Crippen LogP contribution in [0, 0.1) is 12.7 Å². The molecule has 22 heavy (non-hydrogen) atoms. The third-order valence-electron chi connectivity index (χ3n) is 3.13. The lowest BCUT2D eigenvalue weighted by molar-refractivity contribution is -0.120. The van der Waals surface area contributed by atoms with Crippen LogP contribution in [0.15, 0.2) is 48.5 Å². The fourth-order valence-electron chi connectivity index (χ4n) is 1.83. The van der Waals surface area contributed by atoms with Gasteiger partial charge in [0.2, 0.25) is 5.91 Å². The lowest BCUT2D eigenvalue weighted by Crippen LogP contribution is -2.36. The molecule has 2 rings (SSSR count). The van der Waals surface area contributed by atoms with Crippen molar-refractivity contribution in [2.75, 3.05) is 6.54 Å². The molecule has 5 heteroatoms. The number of benzene rings is 2. The van der Waals surface area contributed by atoms with E-state index in [0.717, 1.165) is 11.1 Å². The number of amides is 2. The van der Waals surface area contributed by atoms with Crippen molar-refractivity contribution in [3.63, 3.8) is 0 Å². The minimum atomic E-state index is -0.412. The first kappa shape index (κ1) is 15.7. The number of nitrogens with one attached hydrogen (secondary N) is 2. The zero-order valence-electron chi connectivity index (χ0n) is 12.2. The molecule has 0 bridgehead atoms. The summed E-state index contributed by atoms with van der Waals surface area (Å²) in [5.74, 6) is -1.10. The topological polar surface area (TPSA) is 58.2 Å². The van der Waals surface area contributed by atoms with Crippen molar-refractivity contribution in [2.24, 2.45) is 0 Å². The molecular formula is C17H17FN2O2. The van der Waals surface area contributed by atoms with Gasteiger partial charge in [-0.1, -0.05) is 29.8 Å². The molecular weight excluding hydrogens is 283 g/mol. The Morgan fingerprint density at radius 3 is 2.23 bits per heavy atom. The molecule has 0 heterocycles. The van der Waals surface area contributed by atoms with E-state index in [1.165, 1.54) is 24.3 Å². The molecule has 0 fully saturated rings. The van der Waals surface area contributed by atoms with Crippen LogP contribution in [0.4, 0.5) is 4.39 Å². The number of aryl methyl sites for hydroxylation is 1. The largest absolute Gasteiger partial charge is 0.350 e. The number of hydrogen-bond donors (Lipinski definition) is 2. The lowest BCUT2D eigenvalue weighted by atomic mass is 10.1. The van der Waals surface area contributed by atoms with Crippen molar-refractivity contribution in [2.45, 2.75) is 13.5 Å². The monoisotopic (exact) mass is 300 g/mol. The molecule has 2 aromatic carbocycles. The Labute approximate surface area is 128 Å². The summed E-state index contributed by atoms with van der Waals surface area (Å²) in [4.78, 5) is 23.4. The van der Waals surface area contributed by atoms with Gasteiger partial charge in [-0.15, -0.1) is 0 Å². The molecule has 114 valence electrons. The SMILES string of the molecule is Cc1ccc(CNC(=O)CNC(=O)c2ccc(F)cc2)cc1. The number of halogens is 1. The van der Waals surface area contributed by atoms with Crippen LogP contribution in [0.1, 0.15) is 21.5 Å². The van der Waals surface area contributed by atoms with Crippen LogP contribution < -0.4 is 10.6 Å². The van der Waals surface area contributed by atoms with Gasteiger partial charge in [0.1, 0.15) is 5.82 Å². The molecule has 0 aliphatic heterocycles. The Hall–Kier alpha value is -2.69. The van der Waals surface area contributed by atoms with Gasteiger partial charge in [0, 0.05) is 12.1 Å². The van der Waals surface area contributed by atoms with Crippen LogP contribution in [-0.4, -0.2) is 18.4 Å². The number of carbonyl (C=O) groups is 2. The van der Waals surface area contributed by atoms with Crippen LogP contribution in [0.25, 0.3) is 0 Å². The van der Waals surface area contributed by atoms with Gasteiger partial charge in [0.05, 0.1) is 6.54 Å². The van der Waals surface area contributed by atoms with E-state index in [4.69, 9.17) is 0 Å². The molecule has 0 aliphatic rings. The summed E-state index contributed by atoms with van der Waals surface area (Å²) in [6.07, 6.45) is 0. The molecule has 0 atom stereocenters. The second kappa shape index (κ2) is 7.36. The molecule has 0 aliphatic carbocycles. The molecule has 0 aromatic heterocycles. The fourth-order valence-corrected chi connectivity index (χ4v) is 1.83. The Balaban J connectivity index is 1.76. The van der Waals surface area contributed by atoms with Gasteiger partial charge in [0.15, 0.2) is 0 Å². The Morgan fingerprint density at radius 1 is 0.955 bits per heavy atom. The average molecular weight is 300 g/mol. The van der Waals surface area contributed by atoms with Gasteiger partial charge in [-0.2, -0.15) is 0 Å². The number of hydrogen-bond acceptors (Lipinski definition) is 2. The average Bonchev–Trinajstić information content (AvgIpc) is 2.52. The molecule has 2 amide bonds. The van der Waals surface area contributed by atoms with Gasteiger partial charge in [-0.25, -0.2) is 4.39 Å². The molecule has 2 aromatic rings.